The van der Waals surface area contributed by atoms with Gasteiger partial charge < -0.3 is 5.32 Å². The maximum atomic E-state index is 12.2. The standard InChI is InChI=1S/C19H15N7O/c1-13(11-20)26-17(27)8-3-14-12-21-19(24-18(14)26)23-15-4-6-16(7-5-15)25-10-2-9-22-25/h2-10,12-13H,1H3,(H,21,23,24). The van der Waals surface area contributed by atoms with Gasteiger partial charge in [0.15, 0.2) is 0 Å². The van der Waals surface area contributed by atoms with E-state index in [4.69, 9.17) is 0 Å². The van der Waals surface area contributed by atoms with Crippen LogP contribution < -0.4 is 10.9 Å². The summed E-state index contributed by atoms with van der Waals surface area (Å²) < 4.78 is 3.13. The van der Waals surface area contributed by atoms with Crippen LogP contribution in [0, 0.1) is 11.3 Å². The van der Waals surface area contributed by atoms with Gasteiger partial charge in [-0.05, 0) is 43.3 Å². The number of rotatable bonds is 4. The van der Waals surface area contributed by atoms with E-state index >= 15 is 0 Å². The zero-order valence-electron chi connectivity index (χ0n) is 14.4. The maximum absolute atomic E-state index is 12.2. The van der Waals surface area contributed by atoms with Crippen LogP contribution in [0.1, 0.15) is 13.0 Å². The Kier molecular flexibility index (Phi) is 4.10. The molecule has 0 radical (unpaired) electrons. The number of hydrogen-bond acceptors (Lipinski definition) is 6. The van der Waals surface area contributed by atoms with E-state index in [1.807, 2.05) is 36.5 Å². The molecule has 0 saturated carbocycles. The Bertz CT molecular complexity index is 1190. The molecule has 3 heterocycles. The SMILES string of the molecule is CC(C#N)n1c(=O)ccc2cnc(Nc3ccc(-n4cccn4)cc3)nc21. The van der Waals surface area contributed by atoms with E-state index in [1.165, 1.54) is 10.6 Å². The fourth-order valence-electron chi connectivity index (χ4n) is 2.78. The summed E-state index contributed by atoms with van der Waals surface area (Å²) in [6.07, 6.45) is 5.21. The molecule has 8 nitrogen and oxygen atoms in total. The second-order valence-electron chi connectivity index (χ2n) is 5.94. The minimum absolute atomic E-state index is 0.273. The highest BCUT2D eigenvalue weighted by Gasteiger charge is 2.12. The summed E-state index contributed by atoms with van der Waals surface area (Å²) in [5.74, 6) is 0.346. The molecule has 0 aliphatic heterocycles. The number of hydrogen-bond donors (Lipinski definition) is 1. The van der Waals surface area contributed by atoms with Crippen molar-refractivity contribution in [3.63, 3.8) is 0 Å². The zero-order chi connectivity index (χ0) is 18.8. The van der Waals surface area contributed by atoms with Crippen LogP contribution in [0.5, 0.6) is 0 Å². The van der Waals surface area contributed by atoms with E-state index in [9.17, 15) is 10.1 Å². The summed E-state index contributed by atoms with van der Waals surface area (Å²) in [5, 5.41) is 17.2. The van der Waals surface area contributed by atoms with E-state index in [0.717, 1.165) is 11.4 Å². The first kappa shape index (κ1) is 16.5. The summed E-state index contributed by atoms with van der Waals surface area (Å²) in [6, 6.07) is 14.0. The van der Waals surface area contributed by atoms with Crippen LogP contribution in [0.3, 0.4) is 0 Å². The van der Waals surface area contributed by atoms with Gasteiger partial charge in [-0.25, -0.2) is 9.67 Å². The first-order valence-corrected chi connectivity index (χ1v) is 8.31. The maximum Gasteiger partial charge on any atom is 0.253 e. The minimum atomic E-state index is -0.627. The Morgan fingerprint density at radius 2 is 2.00 bits per heavy atom. The summed E-state index contributed by atoms with van der Waals surface area (Å²) in [7, 11) is 0. The lowest BCUT2D eigenvalue weighted by Crippen LogP contribution is -2.23. The van der Waals surface area contributed by atoms with Crippen molar-refractivity contribution in [2.75, 3.05) is 5.32 Å². The lowest BCUT2D eigenvalue weighted by Gasteiger charge is -2.12. The first-order chi connectivity index (χ1) is 13.2. The number of pyridine rings is 1. The predicted octanol–water partition coefficient (Wildman–Crippen LogP) is 2.81. The van der Waals surface area contributed by atoms with Crippen molar-refractivity contribution in [3.8, 4) is 11.8 Å². The topological polar surface area (TPSA) is 101 Å². The Labute approximate surface area is 154 Å². The van der Waals surface area contributed by atoms with Gasteiger partial charge >= 0.3 is 0 Å². The molecule has 3 aromatic heterocycles. The molecule has 0 aliphatic carbocycles. The summed E-state index contributed by atoms with van der Waals surface area (Å²) >= 11 is 0. The van der Waals surface area contributed by atoms with Crippen molar-refractivity contribution >= 4 is 22.7 Å². The van der Waals surface area contributed by atoms with E-state index < -0.39 is 6.04 Å². The van der Waals surface area contributed by atoms with Crippen molar-refractivity contribution in [3.05, 3.63) is 71.4 Å². The van der Waals surface area contributed by atoms with Crippen molar-refractivity contribution < 1.29 is 0 Å². The molecule has 0 fully saturated rings. The molecular weight excluding hydrogens is 342 g/mol. The van der Waals surface area contributed by atoms with E-state index in [0.29, 0.717) is 17.0 Å². The van der Waals surface area contributed by atoms with Crippen molar-refractivity contribution in [1.29, 1.82) is 5.26 Å². The third kappa shape index (κ3) is 3.14. The van der Waals surface area contributed by atoms with E-state index in [2.05, 4.69) is 26.5 Å². The summed E-state index contributed by atoms with van der Waals surface area (Å²) in [6.45, 7) is 1.66. The van der Waals surface area contributed by atoms with Crippen LogP contribution in [-0.2, 0) is 0 Å². The molecule has 4 aromatic rings. The van der Waals surface area contributed by atoms with Gasteiger partial charge in [0.05, 0.1) is 11.8 Å². The highest BCUT2D eigenvalue weighted by Crippen LogP contribution is 2.19. The molecule has 1 N–H and O–H groups in total. The zero-order valence-corrected chi connectivity index (χ0v) is 14.4. The Morgan fingerprint density at radius 1 is 1.19 bits per heavy atom. The molecule has 8 heteroatoms. The molecule has 0 bridgehead atoms. The number of nitriles is 1. The predicted molar refractivity (Wildman–Crippen MR) is 101 cm³/mol. The fourth-order valence-corrected chi connectivity index (χ4v) is 2.78. The van der Waals surface area contributed by atoms with Gasteiger partial charge in [0.25, 0.3) is 5.56 Å². The molecular formula is C19H15N7O. The molecule has 27 heavy (non-hydrogen) atoms. The largest absolute Gasteiger partial charge is 0.324 e. The van der Waals surface area contributed by atoms with Crippen molar-refractivity contribution in [1.82, 2.24) is 24.3 Å². The fraction of sp³-hybridized carbons (Fsp3) is 0.105. The lowest BCUT2D eigenvalue weighted by molar-refractivity contribution is 0.665. The van der Waals surface area contributed by atoms with Crippen molar-refractivity contribution in [2.24, 2.45) is 0 Å². The third-order valence-electron chi connectivity index (χ3n) is 4.13. The lowest BCUT2D eigenvalue weighted by atomic mass is 10.2. The van der Waals surface area contributed by atoms with Gasteiger partial charge in [0.1, 0.15) is 11.7 Å². The van der Waals surface area contributed by atoms with Gasteiger partial charge in [-0.1, -0.05) is 0 Å². The van der Waals surface area contributed by atoms with Gasteiger partial charge in [0.2, 0.25) is 5.95 Å². The molecule has 1 aromatic carbocycles. The number of fused-ring (bicyclic) bond motifs is 1. The van der Waals surface area contributed by atoms with Gasteiger partial charge in [-0.15, -0.1) is 0 Å². The number of nitrogens with zero attached hydrogens (tertiary/aromatic N) is 6. The van der Waals surface area contributed by atoms with E-state index in [1.54, 1.807) is 30.1 Å². The van der Waals surface area contributed by atoms with Crippen LogP contribution in [0.4, 0.5) is 11.6 Å². The molecule has 0 amide bonds. The Hall–Kier alpha value is -3.99. The molecule has 1 atom stereocenters. The number of aromatic nitrogens is 5. The molecule has 0 aliphatic rings. The van der Waals surface area contributed by atoms with Crippen LogP contribution in [0.25, 0.3) is 16.7 Å². The van der Waals surface area contributed by atoms with Crippen LogP contribution in [-0.4, -0.2) is 24.3 Å². The smallest absolute Gasteiger partial charge is 0.253 e. The Balaban J connectivity index is 1.68. The number of anilines is 2. The Morgan fingerprint density at radius 3 is 2.70 bits per heavy atom. The quantitative estimate of drug-likeness (QED) is 0.603. The van der Waals surface area contributed by atoms with Crippen LogP contribution >= 0.6 is 0 Å². The average Bonchev–Trinajstić information content (AvgIpc) is 3.23. The van der Waals surface area contributed by atoms with Gasteiger partial charge in [-0.2, -0.15) is 15.3 Å². The molecule has 4 rings (SSSR count). The van der Waals surface area contributed by atoms with Crippen molar-refractivity contribution in [2.45, 2.75) is 13.0 Å². The molecule has 0 spiro atoms. The minimum Gasteiger partial charge on any atom is -0.324 e. The molecule has 1 unspecified atom stereocenters. The second kappa shape index (κ2) is 6.72. The summed E-state index contributed by atoms with van der Waals surface area (Å²) in [5.41, 5.74) is 1.87. The van der Waals surface area contributed by atoms with Gasteiger partial charge in [-0.3, -0.25) is 9.36 Å². The normalized spacial score (nSPS) is 11.9. The average molecular weight is 357 g/mol. The van der Waals surface area contributed by atoms with Gasteiger partial charge in [0, 0.05) is 35.7 Å². The summed E-state index contributed by atoms with van der Waals surface area (Å²) in [4.78, 5) is 20.9. The molecule has 0 saturated heterocycles. The molecule has 132 valence electrons. The second-order valence-corrected chi connectivity index (χ2v) is 5.94. The highest BCUT2D eigenvalue weighted by molar-refractivity contribution is 5.76. The van der Waals surface area contributed by atoms with Crippen LogP contribution in [0.2, 0.25) is 0 Å². The van der Waals surface area contributed by atoms with Crippen LogP contribution in [0.15, 0.2) is 65.8 Å². The van der Waals surface area contributed by atoms with E-state index in [-0.39, 0.29) is 5.56 Å². The monoisotopic (exact) mass is 357 g/mol. The first-order valence-electron chi connectivity index (χ1n) is 8.31. The highest BCUT2D eigenvalue weighted by atomic mass is 16.1. The third-order valence-corrected chi connectivity index (χ3v) is 4.13. The number of nitrogens with one attached hydrogen (secondary N) is 1. The number of benzene rings is 1.